The van der Waals surface area contributed by atoms with Gasteiger partial charge < -0.3 is 10.0 Å². The van der Waals surface area contributed by atoms with Gasteiger partial charge in [0, 0.05) is 13.5 Å². The van der Waals surface area contributed by atoms with Crippen molar-refractivity contribution in [2.24, 2.45) is 5.41 Å². The van der Waals surface area contributed by atoms with Crippen LogP contribution in [0.2, 0.25) is 0 Å². The van der Waals surface area contributed by atoms with Crippen molar-refractivity contribution in [3.05, 3.63) is 0 Å². The van der Waals surface area contributed by atoms with Crippen molar-refractivity contribution >= 4 is 11.9 Å². The molecular weight excluding hydrogens is 218 g/mol. The van der Waals surface area contributed by atoms with Crippen molar-refractivity contribution in [1.82, 2.24) is 4.90 Å². The SMILES string of the molecule is CC(C(=O)O)N(C)C(=O)CC1(C)CCCCC1. The minimum absolute atomic E-state index is 0.0516. The average molecular weight is 241 g/mol. The summed E-state index contributed by atoms with van der Waals surface area (Å²) in [7, 11) is 1.58. The number of rotatable bonds is 4. The summed E-state index contributed by atoms with van der Waals surface area (Å²) >= 11 is 0. The molecular formula is C13H23NO3. The van der Waals surface area contributed by atoms with Crippen molar-refractivity contribution in [3.8, 4) is 0 Å². The Bertz CT molecular complexity index is 295. The van der Waals surface area contributed by atoms with E-state index < -0.39 is 12.0 Å². The molecule has 0 spiro atoms. The zero-order valence-corrected chi connectivity index (χ0v) is 11.0. The molecule has 1 amide bonds. The van der Waals surface area contributed by atoms with E-state index in [2.05, 4.69) is 6.92 Å². The molecule has 1 aliphatic rings. The number of carbonyl (C=O) groups is 2. The predicted octanol–water partition coefficient (Wildman–Crippen LogP) is 2.28. The highest BCUT2D eigenvalue weighted by Crippen LogP contribution is 2.39. The van der Waals surface area contributed by atoms with Gasteiger partial charge in [-0.1, -0.05) is 26.2 Å². The number of carboxylic acids is 1. The molecule has 1 unspecified atom stereocenters. The van der Waals surface area contributed by atoms with Crippen molar-refractivity contribution in [1.29, 1.82) is 0 Å². The van der Waals surface area contributed by atoms with Crippen LogP contribution in [0, 0.1) is 5.41 Å². The maximum absolute atomic E-state index is 12.0. The largest absolute Gasteiger partial charge is 0.480 e. The van der Waals surface area contributed by atoms with Gasteiger partial charge in [-0.15, -0.1) is 0 Å². The zero-order chi connectivity index (χ0) is 13.1. The summed E-state index contributed by atoms with van der Waals surface area (Å²) in [4.78, 5) is 24.2. The maximum atomic E-state index is 12.0. The van der Waals surface area contributed by atoms with E-state index in [4.69, 9.17) is 5.11 Å². The van der Waals surface area contributed by atoms with Gasteiger partial charge in [-0.05, 0) is 25.2 Å². The van der Waals surface area contributed by atoms with Crippen LogP contribution in [-0.2, 0) is 9.59 Å². The Kier molecular flexibility index (Phi) is 4.54. The quantitative estimate of drug-likeness (QED) is 0.821. The van der Waals surface area contributed by atoms with Crippen LogP contribution in [0.15, 0.2) is 0 Å². The Balaban J connectivity index is 2.55. The van der Waals surface area contributed by atoms with Crippen LogP contribution >= 0.6 is 0 Å². The molecule has 0 aromatic carbocycles. The number of amides is 1. The molecule has 0 aromatic heterocycles. The van der Waals surface area contributed by atoms with E-state index in [-0.39, 0.29) is 11.3 Å². The molecule has 1 rings (SSSR count). The summed E-state index contributed by atoms with van der Waals surface area (Å²) in [5.74, 6) is -1.00. The molecule has 1 N–H and O–H groups in total. The highest BCUT2D eigenvalue weighted by atomic mass is 16.4. The Morgan fingerprint density at radius 2 is 1.82 bits per heavy atom. The zero-order valence-electron chi connectivity index (χ0n) is 11.0. The summed E-state index contributed by atoms with van der Waals surface area (Å²) in [6.45, 7) is 3.69. The third-order valence-electron chi connectivity index (χ3n) is 3.97. The number of carbonyl (C=O) groups excluding carboxylic acids is 1. The number of aliphatic carboxylic acids is 1. The first-order valence-electron chi connectivity index (χ1n) is 6.34. The number of likely N-dealkylation sites (N-methyl/N-ethyl adjacent to an activating group) is 1. The van der Waals surface area contributed by atoms with E-state index in [1.165, 1.54) is 24.2 Å². The van der Waals surface area contributed by atoms with Crippen molar-refractivity contribution in [2.45, 2.75) is 58.4 Å². The van der Waals surface area contributed by atoms with E-state index in [0.717, 1.165) is 12.8 Å². The van der Waals surface area contributed by atoms with Gasteiger partial charge in [0.25, 0.3) is 0 Å². The molecule has 1 saturated carbocycles. The Labute approximate surface area is 103 Å². The first-order valence-corrected chi connectivity index (χ1v) is 6.34. The predicted molar refractivity (Wildman–Crippen MR) is 65.7 cm³/mol. The van der Waals surface area contributed by atoms with Crippen molar-refractivity contribution < 1.29 is 14.7 Å². The molecule has 17 heavy (non-hydrogen) atoms. The van der Waals surface area contributed by atoms with Gasteiger partial charge in [0.15, 0.2) is 0 Å². The Morgan fingerprint density at radius 3 is 2.29 bits per heavy atom. The highest BCUT2D eigenvalue weighted by Gasteiger charge is 2.32. The molecule has 98 valence electrons. The minimum atomic E-state index is -0.949. The van der Waals surface area contributed by atoms with Crippen LogP contribution in [0.25, 0.3) is 0 Å². The molecule has 4 heteroatoms. The molecule has 0 saturated heterocycles. The second kappa shape index (κ2) is 5.52. The van der Waals surface area contributed by atoms with Crippen LogP contribution in [-0.4, -0.2) is 35.0 Å². The molecule has 1 fully saturated rings. The number of carboxylic acid groups (broad SMARTS) is 1. The van der Waals surface area contributed by atoms with Gasteiger partial charge in [0.1, 0.15) is 6.04 Å². The molecule has 0 aromatic rings. The van der Waals surface area contributed by atoms with E-state index in [1.54, 1.807) is 14.0 Å². The van der Waals surface area contributed by atoms with Crippen molar-refractivity contribution in [3.63, 3.8) is 0 Å². The van der Waals surface area contributed by atoms with Gasteiger partial charge in [-0.3, -0.25) is 4.79 Å². The Hall–Kier alpha value is -1.06. The summed E-state index contributed by atoms with van der Waals surface area (Å²) in [5, 5.41) is 8.88. The lowest BCUT2D eigenvalue weighted by Gasteiger charge is -2.35. The smallest absolute Gasteiger partial charge is 0.326 e. The van der Waals surface area contributed by atoms with Crippen LogP contribution in [0.4, 0.5) is 0 Å². The topological polar surface area (TPSA) is 57.6 Å². The van der Waals surface area contributed by atoms with Crippen LogP contribution < -0.4 is 0 Å². The van der Waals surface area contributed by atoms with E-state index in [0.29, 0.717) is 6.42 Å². The van der Waals surface area contributed by atoms with Crippen LogP contribution in [0.5, 0.6) is 0 Å². The lowest BCUT2D eigenvalue weighted by molar-refractivity contribution is -0.149. The summed E-state index contributed by atoms with van der Waals surface area (Å²) < 4.78 is 0. The minimum Gasteiger partial charge on any atom is -0.480 e. The summed E-state index contributed by atoms with van der Waals surface area (Å²) in [6.07, 6.45) is 6.25. The summed E-state index contributed by atoms with van der Waals surface area (Å²) in [6, 6.07) is -0.741. The second-order valence-corrected chi connectivity index (χ2v) is 5.57. The normalized spacial score (nSPS) is 20.6. The summed E-state index contributed by atoms with van der Waals surface area (Å²) in [5.41, 5.74) is 0.0712. The fourth-order valence-electron chi connectivity index (χ4n) is 2.45. The van der Waals surface area contributed by atoms with Gasteiger partial charge >= 0.3 is 5.97 Å². The van der Waals surface area contributed by atoms with Gasteiger partial charge in [0.2, 0.25) is 5.91 Å². The molecule has 0 radical (unpaired) electrons. The molecule has 4 nitrogen and oxygen atoms in total. The standard InChI is InChI=1S/C13H23NO3/c1-10(12(16)17)14(3)11(15)9-13(2)7-5-4-6-8-13/h10H,4-9H2,1-3H3,(H,16,17). The molecule has 0 aliphatic heterocycles. The van der Waals surface area contributed by atoms with Crippen LogP contribution in [0.3, 0.4) is 0 Å². The first kappa shape index (κ1) is 14.0. The molecule has 0 bridgehead atoms. The second-order valence-electron chi connectivity index (χ2n) is 5.57. The maximum Gasteiger partial charge on any atom is 0.326 e. The lowest BCUT2D eigenvalue weighted by atomic mass is 9.73. The Morgan fingerprint density at radius 1 is 1.29 bits per heavy atom. The number of nitrogens with zero attached hydrogens (tertiary/aromatic N) is 1. The average Bonchev–Trinajstić information content (AvgIpc) is 2.27. The van der Waals surface area contributed by atoms with E-state index in [1.807, 2.05) is 0 Å². The fraction of sp³-hybridized carbons (Fsp3) is 0.846. The first-order chi connectivity index (χ1) is 7.86. The van der Waals surface area contributed by atoms with Crippen LogP contribution in [0.1, 0.15) is 52.4 Å². The molecule has 0 heterocycles. The van der Waals surface area contributed by atoms with Crippen molar-refractivity contribution in [2.75, 3.05) is 7.05 Å². The lowest BCUT2D eigenvalue weighted by Crippen LogP contribution is -2.42. The highest BCUT2D eigenvalue weighted by molar-refractivity contribution is 5.83. The van der Waals surface area contributed by atoms with Gasteiger partial charge in [-0.25, -0.2) is 4.79 Å². The number of hydrogen-bond donors (Lipinski definition) is 1. The molecule has 1 atom stereocenters. The third-order valence-corrected chi connectivity index (χ3v) is 3.97. The fourth-order valence-corrected chi connectivity index (χ4v) is 2.45. The monoisotopic (exact) mass is 241 g/mol. The number of hydrogen-bond acceptors (Lipinski definition) is 2. The van der Waals surface area contributed by atoms with Gasteiger partial charge in [-0.2, -0.15) is 0 Å². The van der Waals surface area contributed by atoms with E-state index >= 15 is 0 Å². The molecule has 1 aliphatic carbocycles. The van der Waals surface area contributed by atoms with E-state index in [9.17, 15) is 9.59 Å². The van der Waals surface area contributed by atoms with Gasteiger partial charge in [0.05, 0.1) is 0 Å². The third kappa shape index (κ3) is 3.72.